The Bertz CT molecular complexity index is 686. The van der Waals surface area contributed by atoms with Crippen molar-refractivity contribution in [1.82, 2.24) is 4.90 Å². The second-order valence-corrected chi connectivity index (χ2v) is 6.18. The first-order valence-corrected chi connectivity index (χ1v) is 8.42. The average molecular weight is 337 g/mol. The molecule has 1 fully saturated rings. The van der Waals surface area contributed by atoms with Crippen LogP contribution in [0.15, 0.2) is 65.7 Å². The fourth-order valence-corrected chi connectivity index (χ4v) is 3.09. The van der Waals surface area contributed by atoms with Crippen molar-refractivity contribution in [2.45, 2.75) is 18.6 Å². The molecule has 25 heavy (non-hydrogen) atoms. The van der Waals surface area contributed by atoms with E-state index in [0.29, 0.717) is 18.9 Å². The number of hydrogen-bond acceptors (Lipinski definition) is 4. The van der Waals surface area contributed by atoms with Gasteiger partial charge in [0.15, 0.2) is 0 Å². The number of benzene rings is 2. The summed E-state index contributed by atoms with van der Waals surface area (Å²) in [5, 5.41) is 0. The molecule has 5 heteroatoms. The third-order valence-electron chi connectivity index (χ3n) is 4.38. The predicted octanol–water partition coefficient (Wildman–Crippen LogP) is 2.38. The van der Waals surface area contributed by atoms with Crippen LogP contribution < -0.4 is 5.73 Å². The standard InChI is InChI=1S/C20H23N3O2/c1-22-18(21)12-19(24)25-17-13-23(14-17)20(15-8-4-2-5-9-15)16-10-6-3-7-11-16/h2-11,17,20H,12-14H2,1H3,(H2,21,22). The highest BCUT2D eigenvalue weighted by atomic mass is 16.5. The zero-order chi connectivity index (χ0) is 17.6. The number of nitrogens with two attached hydrogens (primary N) is 1. The Morgan fingerprint density at radius 3 is 2.12 bits per heavy atom. The molecule has 1 aliphatic heterocycles. The number of amidine groups is 1. The minimum Gasteiger partial charge on any atom is -0.459 e. The largest absolute Gasteiger partial charge is 0.459 e. The van der Waals surface area contributed by atoms with Gasteiger partial charge in [-0.15, -0.1) is 0 Å². The van der Waals surface area contributed by atoms with E-state index in [9.17, 15) is 4.79 Å². The molecule has 0 spiro atoms. The molecule has 0 amide bonds. The fraction of sp³-hybridized carbons (Fsp3) is 0.300. The number of ether oxygens (including phenoxy) is 1. The second-order valence-electron chi connectivity index (χ2n) is 6.18. The molecule has 0 saturated carbocycles. The third-order valence-corrected chi connectivity index (χ3v) is 4.38. The van der Waals surface area contributed by atoms with Crippen molar-refractivity contribution in [3.8, 4) is 0 Å². The van der Waals surface area contributed by atoms with Gasteiger partial charge in [-0.2, -0.15) is 0 Å². The smallest absolute Gasteiger partial charge is 0.313 e. The van der Waals surface area contributed by atoms with Gasteiger partial charge in [0, 0.05) is 20.1 Å². The topological polar surface area (TPSA) is 67.9 Å². The molecule has 2 N–H and O–H groups in total. The molecule has 5 nitrogen and oxygen atoms in total. The van der Waals surface area contributed by atoms with Gasteiger partial charge in [-0.3, -0.25) is 14.7 Å². The van der Waals surface area contributed by atoms with Crippen LogP contribution in [0.1, 0.15) is 23.6 Å². The summed E-state index contributed by atoms with van der Waals surface area (Å²) in [6, 6.07) is 20.9. The molecule has 0 radical (unpaired) electrons. The number of likely N-dealkylation sites (tertiary alicyclic amines) is 1. The van der Waals surface area contributed by atoms with Gasteiger partial charge in [0.2, 0.25) is 0 Å². The van der Waals surface area contributed by atoms with Gasteiger partial charge < -0.3 is 10.5 Å². The minimum atomic E-state index is -0.316. The fourth-order valence-electron chi connectivity index (χ4n) is 3.09. The Hall–Kier alpha value is -2.66. The Kier molecular flexibility index (Phi) is 5.46. The summed E-state index contributed by atoms with van der Waals surface area (Å²) in [7, 11) is 1.57. The molecule has 0 atom stereocenters. The van der Waals surface area contributed by atoms with E-state index in [1.807, 2.05) is 12.1 Å². The van der Waals surface area contributed by atoms with E-state index >= 15 is 0 Å². The molecule has 0 aromatic heterocycles. The minimum absolute atomic E-state index is 0.0494. The number of nitrogens with zero attached hydrogens (tertiary/aromatic N) is 2. The first-order valence-electron chi connectivity index (χ1n) is 8.42. The number of rotatable bonds is 6. The van der Waals surface area contributed by atoms with E-state index < -0.39 is 0 Å². The van der Waals surface area contributed by atoms with Crippen molar-refractivity contribution in [3.63, 3.8) is 0 Å². The molecule has 1 aliphatic rings. The van der Waals surface area contributed by atoms with E-state index in [2.05, 4.69) is 58.4 Å². The highest BCUT2D eigenvalue weighted by Gasteiger charge is 2.36. The Morgan fingerprint density at radius 2 is 1.64 bits per heavy atom. The molecular formula is C20H23N3O2. The summed E-state index contributed by atoms with van der Waals surface area (Å²) < 4.78 is 5.47. The van der Waals surface area contributed by atoms with E-state index in [4.69, 9.17) is 10.5 Å². The van der Waals surface area contributed by atoms with Crippen LogP contribution in [-0.2, 0) is 9.53 Å². The SMILES string of the molecule is CN=C(N)CC(=O)OC1CN(C(c2ccccc2)c2ccccc2)C1. The van der Waals surface area contributed by atoms with Crippen LogP contribution in [0.5, 0.6) is 0 Å². The Balaban J connectivity index is 1.66. The number of carbonyl (C=O) groups excluding carboxylic acids is 1. The quantitative estimate of drug-likeness (QED) is 0.499. The van der Waals surface area contributed by atoms with Crippen LogP contribution >= 0.6 is 0 Å². The predicted molar refractivity (Wildman–Crippen MR) is 98.3 cm³/mol. The summed E-state index contributed by atoms with van der Waals surface area (Å²) >= 11 is 0. The lowest BCUT2D eigenvalue weighted by Gasteiger charge is -2.44. The molecule has 1 heterocycles. The number of esters is 1. The normalized spacial score (nSPS) is 15.8. The van der Waals surface area contributed by atoms with Crippen molar-refractivity contribution in [1.29, 1.82) is 0 Å². The molecular weight excluding hydrogens is 314 g/mol. The van der Waals surface area contributed by atoms with Crippen LogP contribution in [-0.4, -0.2) is 42.9 Å². The van der Waals surface area contributed by atoms with Gasteiger partial charge >= 0.3 is 5.97 Å². The lowest BCUT2D eigenvalue weighted by Crippen LogP contribution is -2.54. The van der Waals surface area contributed by atoms with Crippen LogP contribution in [0.25, 0.3) is 0 Å². The number of hydrogen-bond donors (Lipinski definition) is 1. The number of carbonyl (C=O) groups is 1. The van der Waals surface area contributed by atoms with Crippen molar-refractivity contribution in [2.24, 2.45) is 10.7 Å². The molecule has 0 aliphatic carbocycles. The zero-order valence-corrected chi connectivity index (χ0v) is 14.3. The van der Waals surface area contributed by atoms with Crippen molar-refractivity contribution < 1.29 is 9.53 Å². The Morgan fingerprint density at radius 1 is 1.12 bits per heavy atom. The van der Waals surface area contributed by atoms with E-state index in [1.165, 1.54) is 11.1 Å². The first kappa shape index (κ1) is 17.2. The van der Waals surface area contributed by atoms with Gasteiger partial charge in [0.25, 0.3) is 0 Å². The van der Waals surface area contributed by atoms with Gasteiger partial charge in [-0.25, -0.2) is 0 Å². The molecule has 3 rings (SSSR count). The van der Waals surface area contributed by atoms with Crippen molar-refractivity contribution in [2.75, 3.05) is 20.1 Å². The summed E-state index contributed by atoms with van der Waals surface area (Å²) in [6.45, 7) is 1.42. The van der Waals surface area contributed by atoms with Crippen LogP contribution in [0.2, 0.25) is 0 Å². The monoisotopic (exact) mass is 337 g/mol. The van der Waals surface area contributed by atoms with Gasteiger partial charge in [0.1, 0.15) is 18.4 Å². The van der Waals surface area contributed by atoms with Crippen LogP contribution in [0, 0.1) is 0 Å². The summed E-state index contributed by atoms with van der Waals surface area (Å²) in [5.41, 5.74) is 8.05. The highest BCUT2D eigenvalue weighted by molar-refractivity contribution is 5.96. The molecule has 2 aromatic carbocycles. The number of aliphatic imine (C=N–C) groups is 1. The lowest BCUT2D eigenvalue weighted by atomic mass is 9.94. The maximum Gasteiger partial charge on any atom is 0.313 e. The Labute approximate surface area is 148 Å². The average Bonchev–Trinajstić information content (AvgIpc) is 2.61. The molecule has 0 bridgehead atoms. The molecule has 1 saturated heterocycles. The highest BCUT2D eigenvalue weighted by Crippen LogP contribution is 2.32. The van der Waals surface area contributed by atoms with E-state index in [-0.39, 0.29) is 24.5 Å². The third kappa shape index (κ3) is 4.25. The van der Waals surface area contributed by atoms with Gasteiger partial charge in [-0.05, 0) is 11.1 Å². The summed E-state index contributed by atoms with van der Waals surface area (Å²) in [4.78, 5) is 17.9. The maximum absolute atomic E-state index is 11.8. The molecule has 2 aromatic rings. The second kappa shape index (κ2) is 7.94. The lowest BCUT2D eigenvalue weighted by molar-refractivity contribution is -0.157. The molecule has 130 valence electrons. The van der Waals surface area contributed by atoms with Gasteiger partial charge in [0.05, 0.1) is 6.04 Å². The van der Waals surface area contributed by atoms with Gasteiger partial charge in [-0.1, -0.05) is 60.7 Å². The van der Waals surface area contributed by atoms with Crippen molar-refractivity contribution in [3.05, 3.63) is 71.8 Å². The molecule has 0 unspecified atom stereocenters. The van der Waals surface area contributed by atoms with Crippen LogP contribution in [0.3, 0.4) is 0 Å². The van der Waals surface area contributed by atoms with E-state index in [0.717, 1.165) is 0 Å². The van der Waals surface area contributed by atoms with E-state index in [1.54, 1.807) is 7.05 Å². The summed E-state index contributed by atoms with van der Waals surface area (Å²) in [6.07, 6.45) is -0.0413. The first-order chi connectivity index (χ1) is 12.2. The maximum atomic E-state index is 11.8. The van der Waals surface area contributed by atoms with Crippen LogP contribution in [0.4, 0.5) is 0 Å². The van der Waals surface area contributed by atoms with Crippen molar-refractivity contribution >= 4 is 11.8 Å². The summed E-state index contributed by atoms with van der Waals surface area (Å²) in [5.74, 6) is -0.0173. The zero-order valence-electron chi connectivity index (χ0n) is 14.3.